The molecule has 0 saturated carbocycles. The highest BCUT2D eigenvalue weighted by Gasteiger charge is 2.08. The lowest BCUT2D eigenvalue weighted by Crippen LogP contribution is -2.39. The van der Waals surface area contributed by atoms with Crippen LogP contribution >= 0.6 is 11.6 Å². The predicted molar refractivity (Wildman–Crippen MR) is 101 cm³/mol. The number of benzene rings is 2. The molecule has 0 atom stereocenters. The van der Waals surface area contributed by atoms with Gasteiger partial charge in [0, 0.05) is 28.9 Å². The van der Waals surface area contributed by atoms with Gasteiger partial charge in [0.1, 0.15) is 0 Å². The van der Waals surface area contributed by atoms with Crippen molar-refractivity contribution in [1.82, 2.24) is 10.6 Å². The fourth-order valence-electron chi connectivity index (χ4n) is 2.23. The zero-order chi connectivity index (χ0) is 18.4. The molecule has 25 heavy (non-hydrogen) atoms. The SMILES string of the molecule is Cc1cc(Cl)ccc1NC(=O)c1ccc(CNC(=O)NC(C)C)cc1. The molecule has 0 heterocycles. The van der Waals surface area contributed by atoms with Gasteiger partial charge in [-0.1, -0.05) is 23.7 Å². The third-order valence-electron chi connectivity index (χ3n) is 3.53. The van der Waals surface area contributed by atoms with Crippen LogP contribution in [0.5, 0.6) is 0 Å². The zero-order valence-corrected chi connectivity index (χ0v) is 15.3. The van der Waals surface area contributed by atoms with Crippen LogP contribution in [-0.4, -0.2) is 18.0 Å². The second kappa shape index (κ2) is 8.53. The van der Waals surface area contributed by atoms with Crippen LogP contribution in [0.2, 0.25) is 5.02 Å². The lowest BCUT2D eigenvalue weighted by Gasteiger charge is -2.11. The van der Waals surface area contributed by atoms with Crippen LogP contribution in [0.15, 0.2) is 42.5 Å². The molecule has 0 radical (unpaired) electrons. The van der Waals surface area contributed by atoms with Crippen LogP contribution in [0.3, 0.4) is 0 Å². The van der Waals surface area contributed by atoms with Gasteiger partial charge in [-0.05, 0) is 62.2 Å². The van der Waals surface area contributed by atoms with Gasteiger partial charge in [0.25, 0.3) is 5.91 Å². The molecule has 0 bridgehead atoms. The summed E-state index contributed by atoms with van der Waals surface area (Å²) in [5.74, 6) is -0.192. The molecule has 2 aromatic rings. The number of nitrogens with one attached hydrogen (secondary N) is 3. The zero-order valence-electron chi connectivity index (χ0n) is 14.5. The van der Waals surface area contributed by atoms with Crippen LogP contribution in [0.1, 0.15) is 35.3 Å². The van der Waals surface area contributed by atoms with Crippen molar-refractivity contribution in [2.24, 2.45) is 0 Å². The normalized spacial score (nSPS) is 10.4. The minimum absolute atomic E-state index is 0.0856. The molecule has 0 aliphatic carbocycles. The van der Waals surface area contributed by atoms with E-state index in [1.54, 1.807) is 30.3 Å². The van der Waals surface area contributed by atoms with E-state index in [0.717, 1.165) is 16.8 Å². The molecular weight excluding hydrogens is 338 g/mol. The number of anilines is 1. The first kappa shape index (κ1) is 18.8. The Balaban J connectivity index is 1.94. The first-order valence-corrected chi connectivity index (χ1v) is 8.44. The lowest BCUT2D eigenvalue weighted by molar-refractivity contribution is 0.102. The number of rotatable bonds is 5. The molecule has 3 amide bonds. The highest BCUT2D eigenvalue weighted by molar-refractivity contribution is 6.30. The smallest absolute Gasteiger partial charge is 0.315 e. The predicted octanol–water partition coefficient (Wildman–Crippen LogP) is 4.11. The maximum atomic E-state index is 12.3. The fourth-order valence-corrected chi connectivity index (χ4v) is 2.46. The summed E-state index contributed by atoms with van der Waals surface area (Å²) in [4.78, 5) is 23.9. The van der Waals surface area contributed by atoms with Crippen molar-refractivity contribution in [3.8, 4) is 0 Å². The molecular formula is C19H22ClN3O2. The van der Waals surface area contributed by atoms with Crippen molar-refractivity contribution in [3.05, 3.63) is 64.2 Å². The number of carbonyl (C=O) groups excluding carboxylic acids is 2. The van der Waals surface area contributed by atoms with Crippen molar-refractivity contribution in [1.29, 1.82) is 0 Å². The van der Waals surface area contributed by atoms with E-state index in [1.165, 1.54) is 0 Å². The van der Waals surface area contributed by atoms with E-state index in [2.05, 4.69) is 16.0 Å². The molecule has 2 aromatic carbocycles. The summed E-state index contributed by atoms with van der Waals surface area (Å²) in [5, 5.41) is 9.02. The van der Waals surface area contributed by atoms with E-state index >= 15 is 0 Å². The Morgan fingerprint density at radius 2 is 1.76 bits per heavy atom. The van der Waals surface area contributed by atoms with Gasteiger partial charge in [-0.3, -0.25) is 4.79 Å². The van der Waals surface area contributed by atoms with Crippen molar-refractivity contribution in [3.63, 3.8) is 0 Å². The van der Waals surface area contributed by atoms with Gasteiger partial charge in [0.15, 0.2) is 0 Å². The molecule has 132 valence electrons. The molecule has 0 aromatic heterocycles. The van der Waals surface area contributed by atoms with Gasteiger partial charge < -0.3 is 16.0 Å². The summed E-state index contributed by atoms with van der Waals surface area (Å²) in [6.07, 6.45) is 0. The molecule has 2 rings (SSSR count). The molecule has 0 spiro atoms. The summed E-state index contributed by atoms with van der Waals surface area (Å²) >= 11 is 5.92. The van der Waals surface area contributed by atoms with Crippen molar-refractivity contribution < 1.29 is 9.59 Å². The summed E-state index contributed by atoms with van der Waals surface area (Å²) in [7, 11) is 0. The second-order valence-electron chi connectivity index (χ2n) is 6.09. The third-order valence-corrected chi connectivity index (χ3v) is 3.76. The number of amides is 3. The van der Waals surface area contributed by atoms with Crippen LogP contribution < -0.4 is 16.0 Å². The Labute approximate surface area is 152 Å². The molecule has 5 nitrogen and oxygen atoms in total. The molecule has 0 aliphatic rings. The summed E-state index contributed by atoms with van der Waals surface area (Å²) in [5.41, 5.74) is 3.09. The molecule has 3 N–H and O–H groups in total. The Morgan fingerprint density at radius 1 is 1.08 bits per heavy atom. The maximum Gasteiger partial charge on any atom is 0.315 e. The molecule has 0 aliphatic heterocycles. The minimum atomic E-state index is -0.213. The summed E-state index contributed by atoms with van der Waals surface area (Å²) in [6, 6.07) is 12.3. The second-order valence-corrected chi connectivity index (χ2v) is 6.53. The van der Waals surface area contributed by atoms with Crippen molar-refractivity contribution >= 4 is 29.2 Å². The minimum Gasteiger partial charge on any atom is -0.336 e. The third kappa shape index (κ3) is 5.80. The number of aryl methyl sites for hydroxylation is 1. The van der Waals surface area contributed by atoms with Crippen molar-refractivity contribution in [2.75, 3.05) is 5.32 Å². The molecule has 6 heteroatoms. The Kier molecular flexibility index (Phi) is 6.42. The Hall–Kier alpha value is -2.53. The van der Waals surface area contributed by atoms with E-state index in [4.69, 9.17) is 11.6 Å². The van der Waals surface area contributed by atoms with Crippen LogP contribution in [-0.2, 0) is 6.54 Å². The number of hydrogen-bond acceptors (Lipinski definition) is 2. The van der Waals surface area contributed by atoms with E-state index in [-0.39, 0.29) is 18.0 Å². The Bertz CT molecular complexity index is 758. The summed E-state index contributed by atoms with van der Waals surface area (Å²) < 4.78 is 0. The highest BCUT2D eigenvalue weighted by Crippen LogP contribution is 2.20. The van der Waals surface area contributed by atoms with Gasteiger partial charge in [-0.2, -0.15) is 0 Å². The van der Waals surface area contributed by atoms with Gasteiger partial charge in [0.05, 0.1) is 0 Å². The summed E-state index contributed by atoms with van der Waals surface area (Å²) in [6.45, 7) is 6.08. The van der Waals surface area contributed by atoms with Gasteiger partial charge in [-0.25, -0.2) is 4.79 Å². The highest BCUT2D eigenvalue weighted by atomic mass is 35.5. The number of hydrogen-bond donors (Lipinski definition) is 3. The van der Waals surface area contributed by atoms with E-state index in [0.29, 0.717) is 17.1 Å². The first-order chi connectivity index (χ1) is 11.8. The first-order valence-electron chi connectivity index (χ1n) is 8.06. The van der Waals surface area contributed by atoms with Crippen LogP contribution in [0.4, 0.5) is 10.5 Å². The van der Waals surface area contributed by atoms with Crippen molar-refractivity contribution in [2.45, 2.75) is 33.4 Å². The van der Waals surface area contributed by atoms with Crippen LogP contribution in [0.25, 0.3) is 0 Å². The molecule has 0 unspecified atom stereocenters. The largest absolute Gasteiger partial charge is 0.336 e. The van der Waals surface area contributed by atoms with E-state index in [1.807, 2.05) is 32.9 Å². The standard InChI is InChI=1S/C19H22ClN3O2/c1-12(2)22-19(25)21-11-14-4-6-15(7-5-14)18(24)23-17-9-8-16(20)10-13(17)3/h4-10,12H,11H2,1-3H3,(H,23,24)(H2,21,22,25). The topological polar surface area (TPSA) is 70.2 Å². The fraction of sp³-hybridized carbons (Fsp3) is 0.263. The average molecular weight is 360 g/mol. The monoisotopic (exact) mass is 359 g/mol. The number of halogens is 1. The Morgan fingerprint density at radius 3 is 2.36 bits per heavy atom. The molecule has 0 fully saturated rings. The quantitative estimate of drug-likeness (QED) is 0.751. The van der Waals surface area contributed by atoms with Gasteiger partial charge in [0.2, 0.25) is 0 Å². The number of carbonyl (C=O) groups is 2. The van der Waals surface area contributed by atoms with E-state index in [9.17, 15) is 9.59 Å². The molecule has 0 saturated heterocycles. The van der Waals surface area contributed by atoms with Gasteiger partial charge >= 0.3 is 6.03 Å². The van der Waals surface area contributed by atoms with Gasteiger partial charge in [-0.15, -0.1) is 0 Å². The number of urea groups is 1. The lowest BCUT2D eigenvalue weighted by atomic mass is 10.1. The maximum absolute atomic E-state index is 12.3. The average Bonchev–Trinajstić information content (AvgIpc) is 2.55. The van der Waals surface area contributed by atoms with Crippen LogP contribution in [0, 0.1) is 6.92 Å². The van der Waals surface area contributed by atoms with E-state index < -0.39 is 0 Å².